The van der Waals surface area contributed by atoms with E-state index in [1.807, 2.05) is 0 Å². The normalized spacial score (nSPS) is 14.4. The molecule has 0 unspecified atom stereocenters. The minimum atomic E-state index is 0.181. The SMILES string of the molecule is CC(=O)c1c(C)n2c3c(cccc13)CCC2. The Balaban J connectivity index is 2.50. The van der Waals surface area contributed by atoms with Gasteiger partial charge in [0.1, 0.15) is 0 Å². The zero-order valence-electron chi connectivity index (χ0n) is 9.71. The molecule has 2 heteroatoms. The van der Waals surface area contributed by atoms with Crippen LogP contribution in [0.2, 0.25) is 0 Å². The monoisotopic (exact) mass is 213 g/mol. The van der Waals surface area contributed by atoms with E-state index in [9.17, 15) is 4.79 Å². The molecule has 1 aliphatic rings. The second-order valence-electron chi connectivity index (χ2n) is 4.59. The summed E-state index contributed by atoms with van der Waals surface area (Å²) in [6.07, 6.45) is 2.32. The highest BCUT2D eigenvalue weighted by Crippen LogP contribution is 2.32. The molecule has 0 atom stereocenters. The molecule has 2 aromatic rings. The number of hydrogen-bond donors (Lipinski definition) is 0. The molecule has 0 saturated carbocycles. The van der Waals surface area contributed by atoms with Gasteiger partial charge >= 0.3 is 0 Å². The number of nitrogens with zero attached hydrogens (tertiary/aromatic N) is 1. The molecule has 0 spiro atoms. The van der Waals surface area contributed by atoms with Gasteiger partial charge < -0.3 is 4.57 Å². The Labute approximate surface area is 94.9 Å². The number of aromatic nitrogens is 1. The van der Waals surface area contributed by atoms with Crippen LogP contribution in [-0.2, 0) is 13.0 Å². The lowest BCUT2D eigenvalue weighted by atomic mass is 10.0. The lowest BCUT2D eigenvalue weighted by molar-refractivity contribution is 0.101. The molecule has 0 N–H and O–H groups in total. The molecular weight excluding hydrogens is 198 g/mol. The smallest absolute Gasteiger partial charge is 0.162 e. The molecule has 0 aliphatic carbocycles. The summed E-state index contributed by atoms with van der Waals surface area (Å²) in [6, 6.07) is 6.32. The van der Waals surface area contributed by atoms with Crippen LogP contribution < -0.4 is 0 Å². The van der Waals surface area contributed by atoms with Gasteiger partial charge in [-0.15, -0.1) is 0 Å². The molecule has 0 radical (unpaired) electrons. The van der Waals surface area contributed by atoms with Gasteiger partial charge in [-0.1, -0.05) is 18.2 Å². The van der Waals surface area contributed by atoms with E-state index in [2.05, 4.69) is 29.7 Å². The van der Waals surface area contributed by atoms with Crippen LogP contribution in [0.25, 0.3) is 10.9 Å². The van der Waals surface area contributed by atoms with E-state index in [0.29, 0.717) is 0 Å². The van der Waals surface area contributed by atoms with E-state index in [-0.39, 0.29) is 5.78 Å². The molecule has 16 heavy (non-hydrogen) atoms. The van der Waals surface area contributed by atoms with Crippen molar-refractivity contribution in [2.24, 2.45) is 0 Å². The lowest BCUT2D eigenvalue weighted by Gasteiger charge is -2.16. The van der Waals surface area contributed by atoms with Gasteiger partial charge in [-0.3, -0.25) is 4.79 Å². The first-order valence-electron chi connectivity index (χ1n) is 5.82. The molecular formula is C14H15NO. The largest absolute Gasteiger partial charge is 0.344 e. The Hall–Kier alpha value is -1.57. The predicted molar refractivity (Wildman–Crippen MR) is 65.0 cm³/mol. The molecule has 0 fully saturated rings. The van der Waals surface area contributed by atoms with E-state index < -0.39 is 0 Å². The van der Waals surface area contributed by atoms with E-state index in [0.717, 1.165) is 29.6 Å². The molecule has 0 bridgehead atoms. The molecule has 2 heterocycles. The van der Waals surface area contributed by atoms with Gasteiger partial charge in [-0.05, 0) is 32.3 Å². The van der Waals surface area contributed by atoms with Crippen molar-refractivity contribution in [3.63, 3.8) is 0 Å². The fourth-order valence-corrected chi connectivity index (χ4v) is 2.96. The van der Waals surface area contributed by atoms with Crippen LogP contribution in [0, 0.1) is 6.92 Å². The summed E-state index contributed by atoms with van der Waals surface area (Å²) in [5.41, 5.74) is 4.73. The maximum Gasteiger partial charge on any atom is 0.162 e. The van der Waals surface area contributed by atoms with E-state index in [1.165, 1.54) is 17.5 Å². The lowest BCUT2D eigenvalue weighted by Crippen LogP contribution is -2.08. The molecule has 0 saturated heterocycles. The molecule has 2 nitrogen and oxygen atoms in total. The van der Waals surface area contributed by atoms with Crippen LogP contribution >= 0.6 is 0 Å². The quantitative estimate of drug-likeness (QED) is 0.667. The van der Waals surface area contributed by atoms with Crippen molar-refractivity contribution in [3.05, 3.63) is 35.0 Å². The third-order valence-corrected chi connectivity index (χ3v) is 3.61. The second kappa shape index (κ2) is 3.21. The predicted octanol–water partition coefficient (Wildman–Crippen LogP) is 3.10. The summed E-state index contributed by atoms with van der Waals surface area (Å²) in [4.78, 5) is 11.7. The summed E-state index contributed by atoms with van der Waals surface area (Å²) in [5.74, 6) is 0.181. The molecule has 1 aromatic carbocycles. The van der Waals surface area contributed by atoms with Crippen LogP contribution in [0.4, 0.5) is 0 Å². The average molecular weight is 213 g/mol. The summed E-state index contributed by atoms with van der Waals surface area (Å²) in [5, 5.41) is 1.14. The van der Waals surface area contributed by atoms with Gasteiger partial charge in [0.05, 0.1) is 5.52 Å². The number of aryl methyl sites for hydroxylation is 2. The van der Waals surface area contributed by atoms with Crippen LogP contribution in [0.15, 0.2) is 18.2 Å². The van der Waals surface area contributed by atoms with Gasteiger partial charge in [-0.25, -0.2) is 0 Å². The fourth-order valence-electron chi connectivity index (χ4n) is 2.96. The first kappa shape index (κ1) is 9.64. The highest BCUT2D eigenvalue weighted by molar-refractivity contribution is 6.09. The number of carbonyl (C=O) groups excluding carboxylic acids is 1. The molecule has 1 aromatic heterocycles. The van der Waals surface area contributed by atoms with E-state index in [1.54, 1.807) is 6.92 Å². The number of Topliss-reactive ketones (excluding diaryl/α,β-unsaturated/α-hetero) is 1. The number of benzene rings is 1. The second-order valence-corrected chi connectivity index (χ2v) is 4.59. The Morgan fingerprint density at radius 2 is 2.19 bits per heavy atom. The van der Waals surface area contributed by atoms with Gasteiger partial charge in [0.15, 0.2) is 5.78 Å². The molecule has 82 valence electrons. The molecule has 3 rings (SSSR count). The van der Waals surface area contributed by atoms with Crippen molar-refractivity contribution in [1.82, 2.24) is 4.57 Å². The minimum absolute atomic E-state index is 0.181. The number of para-hydroxylation sites is 1. The Morgan fingerprint density at radius 3 is 2.94 bits per heavy atom. The topological polar surface area (TPSA) is 22.0 Å². The zero-order chi connectivity index (χ0) is 11.3. The van der Waals surface area contributed by atoms with Gasteiger partial charge in [0.25, 0.3) is 0 Å². The third-order valence-electron chi connectivity index (χ3n) is 3.61. The minimum Gasteiger partial charge on any atom is -0.344 e. The number of rotatable bonds is 1. The standard InChI is InChI=1S/C14H15NO/c1-9-13(10(2)16)12-7-3-5-11-6-4-8-15(9)14(11)12/h3,5,7H,4,6,8H2,1-2H3. The first-order chi connectivity index (χ1) is 7.70. The highest BCUT2D eigenvalue weighted by Gasteiger charge is 2.21. The van der Waals surface area contributed by atoms with Crippen LogP contribution in [0.3, 0.4) is 0 Å². The number of carbonyl (C=O) groups is 1. The van der Waals surface area contributed by atoms with Crippen molar-refractivity contribution < 1.29 is 4.79 Å². The van der Waals surface area contributed by atoms with Crippen molar-refractivity contribution in [2.45, 2.75) is 33.2 Å². The Bertz CT molecular complexity index is 592. The van der Waals surface area contributed by atoms with E-state index in [4.69, 9.17) is 0 Å². The van der Waals surface area contributed by atoms with Gasteiger partial charge in [0, 0.05) is 23.2 Å². The molecule has 0 amide bonds. The maximum atomic E-state index is 11.7. The van der Waals surface area contributed by atoms with Crippen molar-refractivity contribution >= 4 is 16.7 Å². The van der Waals surface area contributed by atoms with Crippen LogP contribution in [0.5, 0.6) is 0 Å². The van der Waals surface area contributed by atoms with Gasteiger partial charge in [0.2, 0.25) is 0 Å². The van der Waals surface area contributed by atoms with Crippen molar-refractivity contribution in [3.8, 4) is 0 Å². The highest BCUT2D eigenvalue weighted by atomic mass is 16.1. The Kier molecular flexibility index (Phi) is 1.93. The number of hydrogen-bond acceptors (Lipinski definition) is 1. The molecule has 1 aliphatic heterocycles. The first-order valence-corrected chi connectivity index (χ1v) is 5.82. The summed E-state index contributed by atoms with van der Waals surface area (Å²) in [6.45, 7) is 4.77. The average Bonchev–Trinajstić information content (AvgIpc) is 2.55. The zero-order valence-corrected chi connectivity index (χ0v) is 9.71. The third kappa shape index (κ3) is 1.10. The van der Waals surface area contributed by atoms with Crippen LogP contribution in [-0.4, -0.2) is 10.4 Å². The summed E-state index contributed by atoms with van der Waals surface area (Å²) < 4.78 is 2.31. The van der Waals surface area contributed by atoms with Crippen LogP contribution in [0.1, 0.15) is 35.0 Å². The van der Waals surface area contributed by atoms with E-state index >= 15 is 0 Å². The maximum absolute atomic E-state index is 11.7. The summed E-state index contributed by atoms with van der Waals surface area (Å²) in [7, 11) is 0. The fraction of sp³-hybridized carbons (Fsp3) is 0.357. The Morgan fingerprint density at radius 1 is 1.38 bits per heavy atom. The van der Waals surface area contributed by atoms with Crippen molar-refractivity contribution in [2.75, 3.05) is 0 Å². The van der Waals surface area contributed by atoms with Crippen molar-refractivity contribution in [1.29, 1.82) is 0 Å². The van der Waals surface area contributed by atoms with Gasteiger partial charge in [-0.2, -0.15) is 0 Å². The summed E-state index contributed by atoms with van der Waals surface area (Å²) >= 11 is 0. The number of ketones is 1.